The highest BCUT2D eigenvalue weighted by Gasteiger charge is 2.25. The number of fused-ring (bicyclic) bond motifs is 1. The third kappa shape index (κ3) is 4.73. The second-order valence-electron chi connectivity index (χ2n) is 7.69. The van der Waals surface area contributed by atoms with E-state index in [4.69, 9.17) is 27.3 Å². The van der Waals surface area contributed by atoms with Gasteiger partial charge in [-0.2, -0.15) is 0 Å². The van der Waals surface area contributed by atoms with Gasteiger partial charge in [-0.05, 0) is 55.5 Å². The molecule has 0 bridgehead atoms. The second-order valence-corrected chi connectivity index (χ2v) is 8.13. The van der Waals surface area contributed by atoms with Crippen molar-refractivity contribution in [3.63, 3.8) is 0 Å². The average molecular weight is 451 g/mol. The third-order valence-corrected chi connectivity index (χ3v) is 5.74. The molecule has 2 aromatic carbocycles. The summed E-state index contributed by atoms with van der Waals surface area (Å²) in [7, 11) is 1.24. The lowest BCUT2D eigenvalue weighted by molar-refractivity contribution is -0.149. The summed E-state index contributed by atoms with van der Waals surface area (Å²) >= 11 is 6.15. The molecule has 0 saturated carbocycles. The van der Waals surface area contributed by atoms with Crippen molar-refractivity contribution in [2.75, 3.05) is 12.4 Å². The molecule has 1 aromatic heterocycles. The summed E-state index contributed by atoms with van der Waals surface area (Å²) in [6.07, 6.45) is 3.06. The van der Waals surface area contributed by atoms with Crippen LogP contribution in [0.3, 0.4) is 0 Å². The Kier molecular flexibility index (Phi) is 6.37. The quantitative estimate of drug-likeness (QED) is 0.418. The number of nitrogens with two attached hydrogens (primary N) is 1. The van der Waals surface area contributed by atoms with Gasteiger partial charge in [-0.3, -0.25) is 9.59 Å². The molecule has 0 aliphatic heterocycles. The van der Waals surface area contributed by atoms with E-state index in [2.05, 4.69) is 10.1 Å². The maximum absolute atomic E-state index is 11.8. The molecule has 1 atom stereocenters. The largest absolute Gasteiger partial charge is 0.468 e. The fourth-order valence-corrected chi connectivity index (χ4v) is 4.02. The van der Waals surface area contributed by atoms with Gasteiger partial charge in [0.25, 0.3) is 0 Å². The van der Waals surface area contributed by atoms with Crippen LogP contribution in [0.5, 0.6) is 0 Å². The number of nitrogens with zero attached hydrogens (tertiary/aromatic N) is 2. The summed E-state index contributed by atoms with van der Waals surface area (Å²) < 4.78 is 4.67. The molecule has 8 heteroatoms. The number of anilines is 2. The van der Waals surface area contributed by atoms with Crippen molar-refractivity contribution < 1.29 is 14.3 Å². The molecule has 164 valence electrons. The summed E-state index contributed by atoms with van der Waals surface area (Å²) in [6.45, 7) is 0. The maximum atomic E-state index is 11.8. The first kappa shape index (κ1) is 21.8. The predicted molar refractivity (Wildman–Crippen MR) is 123 cm³/mol. The number of hydrogen-bond acceptors (Lipinski definition) is 6. The zero-order valence-corrected chi connectivity index (χ0v) is 18.4. The van der Waals surface area contributed by atoms with Gasteiger partial charge in [-0.25, -0.2) is 9.97 Å². The van der Waals surface area contributed by atoms with Gasteiger partial charge >= 0.3 is 5.97 Å². The lowest BCUT2D eigenvalue weighted by Crippen LogP contribution is -2.32. The van der Waals surface area contributed by atoms with E-state index >= 15 is 0 Å². The van der Waals surface area contributed by atoms with Crippen LogP contribution in [-0.4, -0.2) is 29.0 Å². The molecule has 1 aliphatic carbocycles. The van der Waals surface area contributed by atoms with Crippen molar-refractivity contribution in [1.82, 2.24) is 9.97 Å². The van der Waals surface area contributed by atoms with E-state index < -0.39 is 17.8 Å². The minimum Gasteiger partial charge on any atom is -0.468 e. The molecule has 1 heterocycles. The van der Waals surface area contributed by atoms with Crippen LogP contribution in [0.15, 0.2) is 48.5 Å². The topological polar surface area (TPSA) is 107 Å². The number of methoxy groups -OCH3 is 1. The maximum Gasteiger partial charge on any atom is 0.318 e. The summed E-state index contributed by atoms with van der Waals surface area (Å²) in [4.78, 5) is 32.9. The Bertz CT molecular complexity index is 1160. The second kappa shape index (κ2) is 9.36. The number of halogens is 1. The number of hydrogen-bond donors (Lipinski definition) is 2. The van der Waals surface area contributed by atoms with Crippen LogP contribution in [0.2, 0.25) is 5.02 Å². The SMILES string of the molecule is COC(=O)C(Cc1ccc(Nc2nc(-c3cccc(Cl)c3)nc3c2CCC3)cc1)C(N)=O. The van der Waals surface area contributed by atoms with E-state index in [1.165, 1.54) is 7.11 Å². The first-order valence-electron chi connectivity index (χ1n) is 10.3. The first-order valence-corrected chi connectivity index (χ1v) is 10.7. The molecule has 1 unspecified atom stereocenters. The van der Waals surface area contributed by atoms with Crippen LogP contribution in [0, 0.1) is 5.92 Å². The number of amides is 1. The van der Waals surface area contributed by atoms with Gasteiger partial charge in [0.15, 0.2) is 5.82 Å². The van der Waals surface area contributed by atoms with Gasteiger partial charge in [0.1, 0.15) is 11.7 Å². The van der Waals surface area contributed by atoms with Crippen molar-refractivity contribution in [1.29, 1.82) is 0 Å². The number of esters is 1. The highest BCUT2D eigenvalue weighted by molar-refractivity contribution is 6.30. The summed E-state index contributed by atoms with van der Waals surface area (Å²) in [5.41, 5.74) is 10.0. The number of carbonyl (C=O) groups is 2. The minimum atomic E-state index is -1.01. The Morgan fingerprint density at radius 1 is 1.16 bits per heavy atom. The number of nitrogens with one attached hydrogen (secondary N) is 1. The van der Waals surface area contributed by atoms with Crippen LogP contribution in [0.4, 0.5) is 11.5 Å². The number of aromatic nitrogens is 2. The Hall–Kier alpha value is -3.45. The van der Waals surface area contributed by atoms with E-state index in [9.17, 15) is 9.59 Å². The molecule has 3 N–H and O–H groups in total. The average Bonchev–Trinajstić information content (AvgIpc) is 3.27. The zero-order valence-electron chi connectivity index (χ0n) is 17.6. The van der Waals surface area contributed by atoms with Gasteiger partial charge in [-0.15, -0.1) is 0 Å². The summed E-state index contributed by atoms with van der Waals surface area (Å²) in [5.74, 6) is -0.937. The fourth-order valence-electron chi connectivity index (χ4n) is 3.83. The van der Waals surface area contributed by atoms with Crippen molar-refractivity contribution in [2.45, 2.75) is 25.7 Å². The van der Waals surface area contributed by atoms with E-state index in [-0.39, 0.29) is 6.42 Å². The van der Waals surface area contributed by atoms with Crippen LogP contribution >= 0.6 is 11.6 Å². The molecule has 3 aromatic rings. The van der Waals surface area contributed by atoms with E-state index in [0.717, 1.165) is 53.2 Å². The van der Waals surface area contributed by atoms with Crippen LogP contribution in [0.1, 0.15) is 23.2 Å². The molecule has 0 spiro atoms. The number of aryl methyl sites for hydroxylation is 1. The lowest BCUT2D eigenvalue weighted by Gasteiger charge is -2.14. The van der Waals surface area contributed by atoms with E-state index in [1.54, 1.807) is 0 Å². The normalized spacial score (nSPS) is 13.3. The van der Waals surface area contributed by atoms with Gasteiger partial charge in [0.05, 0.1) is 7.11 Å². The highest BCUT2D eigenvalue weighted by atomic mass is 35.5. The number of carbonyl (C=O) groups excluding carboxylic acids is 2. The van der Waals surface area contributed by atoms with Gasteiger partial charge < -0.3 is 15.8 Å². The summed E-state index contributed by atoms with van der Waals surface area (Å²) in [6, 6.07) is 15.0. The van der Waals surface area contributed by atoms with Gasteiger partial charge in [-0.1, -0.05) is 35.9 Å². The molecule has 1 aliphatic rings. The molecule has 32 heavy (non-hydrogen) atoms. The standard InChI is InChI=1S/C24H23ClN4O3/c1-32-24(31)19(21(26)30)12-14-8-10-17(11-9-14)27-23-18-6-3-7-20(18)28-22(29-23)15-4-2-5-16(25)13-15/h2,4-5,8-11,13,19H,3,6-7,12H2,1H3,(H2,26,30)(H,27,28,29). The Balaban J connectivity index is 1.58. The molecule has 0 saturated heterocycles. The third-order valence-electron chi connectivity index (χ3n) is 5.50. The molecule has 1 amide bonds. The van der Waals surface area contributed by atoms with E-state index in [1.807, 2.05) is 48.5 Å². The van der Waals surface area contributed by atoms with Crippen molar-refractivity contribution >= 4 is 35.0 Å². The Morgan fingerprint density at radius 2 is 1.94 bits per heavy atom. The van der Waals surface area contributed by atoms with Gasteiger partial charge in [0, 0.05) is 27.5 Å². The van der Waals surface area contributed by atoms with Crippen LogP contribution in [0.25, 0.3) is 11.4 Å². The Labute approximate surface area is 191 Å². The van der Waals surface area contributed by atoms with Crippen molar-refractivity contribution in [2.24, 2.45) is 11.7 Å². The zero-order chi connectivity index (χ0) is 22.7. The molecule has 0 fully saturated rings. The Morgan fingerprint density at radius 3 is 2.62 bits per heavy atom. The first-order chi connectivity index (χ1) is 15.4. The smallest absolute Gasteiger partial charge is 0.318 e. The molecule has 4 rings (SSSR count). The number of primary amides is 1. The molecule has 0 radical (unpaired) electrons. The number of benzene rings is 2. The van der Waals surface area contributed by atoms with Crippen molar-refractivity contribution in [3.05, 3.63) is 70.4 Å². The van der Waals surface area contributed by atoms with Gasteiger partial charge in [0.2, 0.25) is 5.91 Å². The minimum absolute atomic E-state index is 0.185. The monoisotopic (exact) mass is 450 g/mol. The molecule has 7 nitrogen and oxygen atoms in total. The number of rotatable bonds is 7. The molecular formula is C24H23ClN4O3. The molecular weight excluding hydrogens is 428 g/mol. The summed E-state index contributed by atoms with van der Waals surface area (Å²) in [5, 5.41) is 4.04. The lowest BCUT2D eigenvalue weighted by atomic mass is 9.98. The van der Waals surface area contributed by atoms with Crippen LogP contribution < -0.4 is 11.1 Å². The fraction of sp³-hybridized carbons (Fsp3) is 0.250. The van der Waals surface area contributed by atoms with Crippen molar-refractivity contribution in [3.8, 4) is 11.4 Å². The predicted octanol–water partition coefficient (Wildman–Crippen LogP) is 3.85. The van der Waals surface area contributed by atoms with E-state index in [0.29, 0.717) is 10.8 Å². The van der Waals surface area contributed by atoms with Crippen LogP contribution in [-0.2, 0) is 33.6 Å². The highest BCUT2D eigenvalue weighted by Crippen LogP contribution is 2.31. The number of ether oxygens (including phenoxy) is 1.